The first kappa shape index (κ1) is 58.6. The van der Waals surface area contributed by atoms with Gasteiger partial charge in [-0.05, 0) is 0 Å². The van der Waals surface area contributed by atoms with Gasteiger partial charge in [-0.3, -0.25) is 0 Å². The van der Waals surface area contributed by atoms with Crippen molar-refractivity contribution in [2.75, 3.05) is 111 Å². The molecule has 0 radical (unpaired) electrons. The van der Waals surface area contributed by atoms with Crippen LogP contribution in [0.25, 0.3) is 0 Å². The number of rotatable bonds is 34. The number of halogens is 1. The maximum atomic E-state index is 14.6. The Morgan fingerprint density at radius 2 is 1.24 bits per heavy atom. The summed E-state index contributed by atoms with van der Waals surface area (Å²) in [4.78, 5) is 19.4. The molecule has 0 saturated carbocycles. The van der Waals surface area contributed by atoms with Crippen LogP contribution in [0.2, 0.25) is 0 Å². The Hall–Kier alpha value is -3.98. The summed E-state index contributed by atoms with van der Waals surface area (Å²) in [6, 6.07) is 4.14. The average Bonchev–Trinajstić information content (AvgIpc) is 3.73. The number of allylic oxidation sites excluding steroid dienone is 10. The van der Waals surface area contributed by atoms with Gasteiger partial charge in [-0.25, -0.2) is 0 Å². The zero-order valence-electron chi connectivity index (χ0n) is 43.3. The minimum atomic E-state index is -0.484. The summed E-state index contributed by atoms with van der Waals surface area (Å²) in [5.41, 5.74) is 12.9. The molecule has 388 valence electrons. The number of nitrogens with zero attached hydrogens (tertiary/aromatic N) is 3. The van der Waals surface area contributed by atoms with E-state index in [0.717, 1.165) is 65.0 Å². The molecule has 0 aliphatic carbocycles. The Bertz CT molecular complexity index is 2220. The first-order valence-corrected chi connectivity index (χ1v) is 27.4. The van der Waals surface area contributed by atoms with Gasteiger partial charge in [-0.15, -0.1) is 0 Å². The number of nitrogens with one attached hydrogen (secondary N) is 1. The van der Waals surface area contributed by atoms with Crippen LogP contribution in [0.3, 0.4) is 0 Å². The van der Waals surface area contributed by atoms with E-state index >= 15 is 0 Å². The van der Waals surface area contributed by atoms with Gasteiger partial charge in [-0.1, -0.05) is 0 Å². The molecule has 16 heteroatoms. The predicted molar refractivity (Wildman–Crippen MR) is 272 cm³/mol. The summed E-state index contributed by atoms with van der Waals surface area (Å²) >= 11 is -0.484. The predicted octanol–water partition coefficient (Wildman–Crippen LogP) is 5.43. The van der Waals surface area contributed by atoms with Crippen LogP contribution in [0.1, 0.15) is 85.6 Å². The molecule has 4 rings (SSSR count). The molecule has 0 saturated heterocycles. The molecule has 3 aliphatic rings. The van der Waals surface area contributed by atoms with Gasteiger partial charge in [0.1, 0.15) is 0 Å². The van der Waals surface area contributed by atoms with E-state index in [1.54, 1.807) is 14.2 Å². The number of aliphatic hydroxyl groups excluding tert-OH is 2. The number of methoxy groups -OCH3 is 2. The van der Waals surface area contributed by atoms with E-state index in [0.29, 0.717) is 152 Å². The van der Waals surface area contributed by atoms with Gasteiger partial charge < -0.3 is 24.1 Å². The molecule has 15 nitrogen and oxygen atoms in total. The van der Waals surface area contributed by atoms with Crippen molar-refractivity contribution in [2.45, 2.75) is 93.0 Å². The number of hydrogen-bond acceptors (Lipinski definition) is 13. The standard InChI is InChI=1S/C54H80IN4O11/c1-10-44-45(11-2)52(32-48-47(15-13-17-61)41(7)49(36-56)57-48)59(62)51(44)31-42-34-55-35-43(40(6)46(42)14-12-16-60)37-58(38(3)4)50-33-54(70-29-27-68-25-23-66-21-19-64-9)53(30-39(50)5)69-28-26-67-24-22-65-20-18-63-8/h30-33,35-38,56,60-61H,10-29,34H2,1-9H3/q+1/b42-31+,48-32-,56-36?,58-37?. The number of nitroso groups, excluding NO2 is 1. The van der Waals surface area contributed by atoms with Crippen LogP contribution in [0.4, 0.5) is 5.69 Å². The number of ether oxygens (including phenoxy) is 8. The molecule has 0 unspecified atom stereocenters. The van der Waals surface area contributed by atoms with Gasteiger partial charge >= 0.3 is 345 Å². The summed E-state index contributed by atoms with van der Waals surface area (Å²) in [6.07, 6.45) is 11.3. The Kier molecular flexibility index (Phi) is 26.9. The third kappa shape index (κ3) is 17.1. The topological polar surface area (TPSA) is 174 Å². The van der Waals surface area contributed by atoms with Crippen LogP contribution >= 0.6 is 0 Å². The van der Waals surface area contributed by atoms with E-state index in [9.17, 15) is 15.1 Å². The molecule has 1 aromatic rings. The fourth-order valence-corrected chi connectivity index (χ4v) is 10.8. The van der Waals surface area contributed by atoms with Gasteiger partial charge in [0.2, 0.25) is 0 Å². The summed E-state index contributed by atoms with van der Waals surface area (Å²) in [5, 5.41) is 27.8. The molecule has 3 N–H and O–H groups in total. The van der Waals surface area contributed by atoms with Crippen molar-refractivity contribution in [3.05, 3.63) is 101 Å². The van der Waals surface area contributed by atoms with Crippen molar-refractivity contribution >= 4 is 23.8 Å². The van der Waals surface area contributed by atoms with Crippen molar-refractivity contribution < 1.29 is 78.6 Å². The number of benzene rings is 1. The fourth-order valence-electron chi connectivity index (χ4n) is 8.31. The van der Waals surface area contributed by atoms with Crippen LogP contribution in [-0.2, 0) is 28.4 Å². The van der Waals surface area contributed by atoms with E-state index < -0.39 is 21.2 Å². The molecule has 0 aromatic heterocycles. The first-order chi connectivity index (χ1) is 34.0. The van der Waals surface area contributed by atoms with Crippen LogP contribution in [-0.4, -0.2) is 155 Å². The van der Waals surface area contributed by atoms with E-state index in [2.05, 4.69) is 62.5 Å². The van der Waals surface area contributed by atoms with E-state index in [-0.39, 0.29) is 19.3 Å². The second kappa shape index (κ2) is 32.2. The molecule has 70 heavy (non-hydrogen) atoms. The van der Waals surface area contributed by atoms with E-state index in [1.165, 1.54) is 6.21 Å². The van der Waals surface area contributed by atoms with Crippen molar-refractivity contribution in [1.29, 1.82) is 5.41 Å². The van der Waals surface area contributed by atoms with Crippen LogP contribution in [0, 0.1) is 17.2 Å². The molecular weight excluding hydrogens is 1010 g/mol. The van der Waals surface area contributed by atoms with Crippen molar-refractivity contribution in [1.82, 2.24) is 0 Å². The second-order valence-corrected chi connectivity index (χ2v) is 19.4. The number of aliphatic imine (C=N–C) groups is 1. The van der Waals surface area contributed by atoms with Crippen molar-refractivity contribution in [2.24, 2.45) is 4.99 Å². The fraction of sp³-hybridized carbons (Fsp3) is 0.574. The SMILES string of the molecule is CCC1=C(/C=C2\C[I-]C=C(C=[N+](c3cc(OCCOCCOCCOC)c(OCCOCCOCCOC)cc3C)C(C)C)C(C)=C2CCCO)[N+](=O)C(/C=C2\N=C(C=N)C(C)=C2CCCO)=C1CC. The zero-order chi connectivity index (χ0) is 50.8. The summed E-state index contributed by atoms with van der Waals surface area (Å²) in [6.45, 7) is 20.2. The molecule has 0 amide bonds. The quantitative estimate of drug-likeness (QED) is 0.0264. The number of hydrogen-bond donors (Lipinski definition) is 3. The van der Waals surface area contributed by atoms with Crippen molar-refractivity contribution in [3.8, 4) is 11.5 Å². The van der Waals surface area contributed by atoms with Crippen molar-refractivity contribution in [3.63, 3.8) is 0 Å². The molecule has 0 bridgehead atoms. The molecular formula is C54H80IN4O11+. The summed E-state index contributed by atoms with van der Waals surface area (Å²) in [5.74, 6) is 1.22. The number of aliphatic hydroxyl groups is 2. The Morgan fingerprint density at radius 3 is 1.76 bits per heavy atom. The van der Waals surface area contributed by atoms with Crippen LogP contribution in [0.15, 0.2) is 95.0 Å². The maximum absolute atomic E-state index is 14.6. The summed E-state index contributed by atoms with van der Waals surface area (Å²) in [7, 11) is 3.29. The molecule has 0 fully saturated rings. The van der Waals surface area contributed by atoms with Gasteiger partial charge in [0.05, 0.1) is 46.2 Å². The average molecular weight is 1090 g/mol. The van der Waals surface area contributed by atoms with Gasteiger partial charge in [0.25, 0.3) is 0 Å². The van der Waals surface area contributed by atoms with Crippen LogP contribution < -0.4 is 30.7 Å². The molecule has 3 heterocycles. The Balaban J connectivity index is 1.69. The zero-order valence-corrected chi connectivity index (χ0v) is 45.4. The van der Waals surface area contributed by atoms with Crippen LogP contribution in [0.5, 0.6) is 11.5 Å². The van der Waals surface area contributed by atoms with E-state index in [4.69, 9.17) is 48.3 Å². The Labute approximate surface area is 427 Å². The normalized spacial score (nSPS) is 17.1. The first-order valence-electron chi connectivity index (χ1n) is 24.7. The Morgan fingerprint density at radius 1 is 0.729 bits per heavy atom. The summed E-state index contributed by atoms with van der Waals surface area (Å²) < 4.78 is 52.0. The molecule has 0 spiro atoms. The third-order valence-electron chi connectivity index (χ3n) is 12.0. The van der Waals surface area contributed by atoms with E-state index in [1.807, 2.05) is 25.1 Å². The second-order valence-electron chi connectivity index (χ2n) is 17.1. The number of aryl methyl sites for hydroxylation is 1. The monoisotopic (exact) mass is 1090 g/mol. The van der Waals surface area contributed by atoms with Gasteiger partial charge in [0, 0.05) is 14.2 Å². The van der Waals surface area contributed by atoms with Gasteiger partial charge in [-0.2, -0.15) is 0 Å². The molecule has 0 atom stereocenters. The third-order valence-corrected chi connectivity index (χ3v) is 14.4. The number of alkyl halides is 1. The molecule has 1 aromatic carbocycles. The molecule has 3 aliphatic heterocycles. The minimum absolute atomic E-state index is 0.0467. The van der Waals surface area contributed by atoms with Gasteiger partial charge in [0.15, 0.2) is 0 Å².